The molecule has 5 nitrogen and oxygen atoms in total. The van der Waals surface area contributed by atoms with Crippen LogP contribution in [0.1, 0.15) is 52.8 Å². The predicted octanol–water partition coefficient (Wildman–Crippen LogP) is 7.36. The number of aryl methyl sites for hydroxylation is 6. The van der Waals surface area contributed by atoms with Crippen molar-refractivity contribution in [2.45, 2.75) is 67.9 Å². The van der Waals surface area contributed by atoms with E-state index in [9.17, 15) is 22.8 Å². The third kappa shape index (κ3) is 5.00. The summed E-state index contributed by atoms with van der Waals surface area (Å²) >= 11 is 0. The number of carbonyl (C=O) groups excluding carboxylic acids is 2. The van der Waals surface area contributed by atoms with E-state index in [4.69, 9.17) is 0 Å². The molecule has 1 aliphatic heterocycles. The Hall–Kier alpha value is -3.81. The van der Waals surface area contributed by atoms with Crippen molar-refractivity contribution in [1.29, 1.82) is 0 Å². The Morgan fingerprint density at radius 2 is 1.05 bits per heavy atom. The van der Waals surface area contributed by atoms with Crippen LogP contribution in [-0.2, 0) is 15.8 Å². The van der Waals surface area contributed by atoms with Crippen LogP contribution in [0.3, 0.4) is 0 Å². The molecule has 1 heterocycles. The highest BCUT2D eigenvalue weighted by atomic mass is 19.4. The number of halogens is 3. The van der Waals surface area contributed by atoms with E-state index in [1.54, 1.807) is 23.6 Å². The van der Waals surface area contributed by atoms with Gasteiger partial charge in [0.05, 0.1) is 16.9 Å². The van der Waals surface area contributed by atoms with Gasteiger partial charge in [0.25, 0.3) is 0 Å². The largest absolute Gasteiger partial charge is 0.416 e. The standard InChI is InChI=1S/C31H34F3N3O2/c1-17-13-19(3)25(20(4)14-17)36-27(38)30(7,8)28(39)37(26-21(5)15-18(2)16-22(26)6)29(36)35-24-11-9-23(10-12-24)31(32,33)34/h9-16,29,35H,1-8H3. The smallest absolute Gasteiger partial charge is 0.347 e. The van der Waals surface area contributed by atoms with Gasteiger partial charge >= 0.3 is 6.18 Å². The highest BCUT2D eigenvalue weighted by Crippen LogP contribution is 2.42. The minimum absolute atomic E-state index is 0.341. The summed E-state index contributed by atoms with van der Waals surface area (Å²) in [5, 5.41) is 3.24. The van der Waals surface area contributed by atoms with Crippen molar-refractivity contribution >= 4 is 28.9 Å². The number of hydrogen-bond donors (Lipinski definition) is 1. The Balaban J connectivity index is 1.98. The second-order valence-corrected chi connectivity index (χ2v) is 11.1. The molecule has 0 aromatic heterocycles. The molecule has 1 saturated heterocycles. The number of nitrogens with zero attached hydrogens (tertiary/aromatic N) is 2. The highest BCUT2D eigenvalue weighted by Gasteiger charge is 2.53. The summed E-state index contributed by atoms with van der Waals surface area (Å²) in [5.74, 6) is -0.795. The molecule has 206 valence electrons. The van der Waals surface area contributed by atoms with Crippen LogP contribution in [-0.4, -0.2) is 18.1 Å². The fourth-order valence-electron chi connectivity index (χ4n) is 5.62. The Morgan fingerprint density at radius 1 is 0.692 bits per heavy atom. The van der Waals surface area contributed by atoms with Crippen molar-refractivity contribution in [1.82, 2.24) is 0 Å². The van der Waals surface area contributed by atoms with Crippen molar-refractivity contribution < 1.29 is 22.8 Å². The SMILES string of the molecule is Cc1cc(C)c(N2C(=O)C(C)(C)C(=O)N(c3c(C)cc(C)cc3C)C2Nc2ccc(C(F)(F)F)cc2)c(C)c1. The Labute approximate surface area is 227 Å². The number of hydrogen-bond acceptors (Lipinski definition) is 3. The lowest BCUT2D eigenvalue weighted by molar-refractivity contribution is -0.141. The number of rotatable bonds is 4. The first kappa shape index (κ1) is 28.2. The summed E-state index contributed by atoms with van der Waals surface area (Å²) < 4.78 is 39.7. The molecule has 39 heavy (non-hydrogen) atoms. The molecule has 1 aliphatic rings. The summed E-state index contributed by atoms with van der Waals surface area (Å²) in [6.07, 6.45) is -5.51. The lowest BCUT2D eigenvalue weighted by atomic mass is 9.85. The van der Waals surface area contributed by atoms with Gasteiger partial charge in [-0.15, -0.1) is 0 Å². The van der Waals surface area contributed by atoms with Crippen molar-refractivity contribution in [3.05, 3.63) is 87.5 Å². The van der Waals surface area contributed by atoms with E-state index in [1.807, 2.05) is 65.8 Å². The lowest BCUT2D eigenvalue weighted by Gasteiger charge is -2.50. The second-order valence-electron chi connectivity index (χ2n) is 11.1. The molecule has 0 unspecified atom stereocenters. The van der Waals surface area contributed by atoms with Gasteiger partial charge in [-0.3, -0.25) is 19.4 Å². The van der Waals surface area contributed by atoms with Gasteiger partial charge in [-0.2, -0.15) is 13.2 Å². The van der Waals surface area contributed by atoms with Crippen LogP contribution in [0.25, 0.3) is 0 Å². The van der Waals surface area contributed by atoms with Gasteiger partial charge in [0.1, 0.15) is 5.41 Å². The summed E-state index contributed by atoms with van der Waals surface area (Å²) in [6.45, 7) is 14.8. The van der Waals surface area contributed by atoms with Crippen molar-refractivity contribution in [2.24, 2.45) is 5.41 Å². The van der Waals surface area contributed by atoms with Gasteiger partial charge < -0.3 is 5.32 Å². The second kappa shape index (κ2) is 9.74. The van der Waals surface area contributed by atoms with Crippen LogP contribution in [0.15, 0.2) is 48.5 Å². The van der Waals surface area contributed by atoms with Crippen LogP contribution in [0.2, 0.25) is 0 Å². The van der Waals surface area contributed by atoms with Crippen LogP contribution in [0.4, 0.5) is 30.2 Å². The molecule has 1 fully saturated rings. The number of alkyl halides is 3. The molecule has 2 amide bonds. The van der Waals surface area contributed by atoms with Crippen LogP contribution < -0.4 is 15.1 Å². The lowest BCUT2D eigenvalue weighted by Crippen LogP contribution is -2.69. The molecule has 0 saturated carbocycles. The molecular weight excluding hydrogens is 503 g/mol. The van der Waals surface area contributed by atoms with Crippen LogP contribution in [0.5, 0.6) is 0 Å². The van der Waals surface area contributed by atoms with E-state index in [1.165, 1.54) is 12.1 Å². The topological polar surface area (TPSA) is 52.7 Å². The zero-order valence-corrected chi connectivity index (χ0v) is 23.5. The van der Waals surface area contributed by atoms with Gasteiger partial charge in [0, 0.05) is 5.69 Å². The minimum Gasteiger partial charge on any atom is -0.347 e. The Kier molecular flexibility index (Phi) is 7.04. The maximum Gasteiger partial charge on any atom is 0.416 e. The Bertz CT molecular complexity index is 1330. The summed E-state index contributed by atoms with van der Waals surface area (Å²) in [7, 11) is 0. The van der Waals surface area contributed by atoms with Gasteiger partial charge in [0.15, 0.2) is 6.29 Å². The van der Waals surface area contributed by atoms with Crippen molar-refractivity contribution in [3.63, 3.8) is 0 Å². The first-order valence-corrected chi connectivity index (χ1v) is 12.8. The van der Waals surface area contributed by atoms with Gasteiger partial charge in [-0.05, 0) is 102 Å². The van der Waals surface area contributed by atoms with Gasteiger partial charge in [-0.1, -0.05) is 35.4 Å². The molecule has 0 spiro atoms. The van der Waals surface area contributed by atoms with Crippen LogP contribution >= 0.6 is 0 Å². The minimum atomic E-state index is -4.48. The molecular formula is C31H34F3N3O2. The van der Waals surface area contributed by atoms with Crippen molar-refractivity contribution in [2.75, 3.05) is 15.1 Å². The fourth-order valence-corrected chi connectivity index (χ4v) is 5.62. The van der Waals surface area contributed by atoms with E-state index < -0.39 is 35.3 Å². The van der Waals surface area contributed by atoms with E-state index >= 15 is 0 Å². The number of benzene rings is 3. The quantitative estimate of drug-likeness (QED) is 0.354. The molecule has 3 aromatic carbocycles. The maximum atomic E-state index is 14.1. The number of anilines is 3. The third-order valence-corrected chi connectivity index (χ3v) is 7.26. The zero-order valence-electron chi connectivity index (χ0n) is 23.5. The number of carbonyl (C=O) groups is 2. The monoisotopic (exact) mass is 537 g/mol. The van der Waals surface area contributed by atoms with Gasteiger partial charge in [0.2, 0.25) is 11.8 Å². The average molecular weight is 538 g/mol. The molecule has 0 bridgehead atoms. The average Bonchev–Trinajstić information content (AvgIpc) is 2.80. The molecule has 1 N–H and O–H groups in total. The molecule has 0 atom stereocenters. The molecule has 0 aliphatic carbocycles. The highest BCUT2D eigenvalue weighted by molar-refractivity contribution is 6.20. The van der Waals surface area contributed by atoms with E-state index in [-0.39, 0.29) is 0 Å². The number of nitrogens with one attached hydrogen (secondary N) is 1. The molecule has 8 heteroatoms. The molecule has 4 rings (SSSR count). The number of amides is 2. The predicted molar refractivity (Wildman–Crippen MR) is 149 cm³/mol. The summed E-state index contributed by atoms with van der Waals surface area (Å²) in [6, 6.07) is 12.5. The Morgan fingerprint density at radius 3 is 1.38 bits per heavy atom. The summed E-state index contributed by atoms with van der Waals surface area (Å²) in [4.78, 5) is 31.4. The van der Waals surface area contributed by atoms with E-state index in [0.717, 1.165) is 45.5 Å². The molecule has 0 radical (unpaired) electrons. The van der Waals surface area contributed by atoms with Crippen LogP contribution in [0, 0.1) is 47.0 Å². The normalized spacial score (nSPS) is 16.2. The van der Waals surface area contributed by atoms with E-state index in [0.29, 0.717) is 17.1 Å². The van der Waals surface area contributed by atoms with Crippen molar-refractivity contribution in [3.8, 4) is 0 Å². The first-order valence-electron chi connectivity index (χ1n) is 12.8. The maximum absolute atomic E-state index is 14.1. The third-order valence-electron chi connectivity index (χ3n) is 7.26. The van der Waals surface area contributed by atoms with E-state index in [2.05, 4.69) is 5.32 Å². The zero-order chi connectivity index (χ0) is 29.0. The first-order chi connectivity index (χ1) is 18.0. The van der Waals surface area contributed by atoms with Gasteiger partial charge in [-0.25, -0.2) is 0 Å². The fraction of sp³-hybridized carbons (Fsp3) is 0.355. The summed E-state index contributed by atoms with van der Waals surface area (Å²) in [5.41, 5.74) is 4.93. The molecule has 3 aromatic rings.